The van der Waals surface area contributed by atoms with E-state index in [2.05, 4.69) is 16.0 Å². The van der Waals surface area contributed by atoms with Crippen LogP contribution in [-0.4, -0.2) is 507 Å². The molecule has 0 unspecified atom stereocenters. The summed E-state index contributed by atoms with van der Waals surface area (Å²) in [6.07, 6.45) is 0.155. The molecule has 0 heterocycles. The molecule has 0 aliphatic carbocycles. The van der Waals surface area contributed by atoms with Crippen molar-refractivity contribution in [2.75, 3.05) is 484 Å². The normalized spacial score (nSPS) is 11.8. The number of rotatable bonds is 112. The van der Waals surface area contributed by atoms with E-state index in [1.807, 2.05) is 0 Å². The lowest BCUT2D eigenvalue weighted by Gasteiger charge is -2.29. The molecule has 0 radical (unpaired) electrons. The predicted molar refractivity (Wildman–Crippen MR) is 443 cm³/mol. The lowest BCUT2D eigenvalue weighted by molar-refractivity contribution is -0.303. The van der Waals surface area contributed by atoms with Gasteiger partial charge in [-0.2, -0.15) is 0 Å². The second-order valence-electron chi connectivity index (χ2n) is 25.6. The van der Waals surface area contributed by atoms with Gasteiger partial charge in [-0.3, -0.25) is 14.4 Å². The Labute approximate surface area is 730 Å². The zero-order chi connectivity index (χ0) is 88.4. The van der Waals surface area contributed by atoms with Crippen molar-refractivity contribution in [3.63, 3.8) is 0 Å². The summed E-state index contributed by atoms with van der Waals surface area (Å²) in [6, 6.07) is 0. The maximum atomic E-state index is 12.6. The number of amides is 3. The smallest absolute Gasteiger partial charge is 0.222 e. The first-order valence-electron chi connectivity index (χ1n) is 43.1. The molecule has 0 fully saturated rings. The van der Waals surface area contributed by atoms with Gasteiger partial charge in [0.25, 0.3) is 0 Å². The summed E-state index contributed by atoms with van der Waals surface area (Å²) in [7, 11) is 4.90. The molecule has 43 nitrogen and oxygen atoms in total. The molecule has 0 aliphatic heterocycles. The average molecular weight is 1800 g/mol. The molecule has 123 heavy (non-hydrogen) atoms. The summed E-state index contributed by atoms with van der Waals surface area (Å²) >= 11 is 0. The summed E-state index contributed by atoms with van der Waals surface area (Å²) in [5.41, 5.74) is 5.54. The van der Waals surface area contributed by atoms with E-state index in [-0.39, 0.29) is 136 Å². The topological polar surface area (TPSA) is 446 Å². The third kappa shape index (κ3) is 106. The average Bonchev–Trinajstić information content (AvgIpc) is 0.896. The second-order valence-corrected chi connectivity index (χ2v) is 25.6. The SMILES string of the molecule is COCCOCCOCCOCCOCCOCCOCCOCCOCCOCCOCCNC(=O)CCOCC(N)(COCCC(=O)NCCOCCOCCOCCOCCOCCOCCOCCOCCOCCOCCOC)COCCC(=O)NCCOCCOOCCOCCOCCOCCOCCOCCOCCOCCOC. The van der Waals surface area contributed by atoms with Crippen LogP contribution in [0.2, 0.25) is 0 Å². The van der Waals surface area contributed by atoms with Crippen LogP contribution in [0.1, 0.15) is 19.3 Å². The summed E-state index contributed by atoms with van der Waals surface area (Å²) < 4.78 is 186. The van der Waals surface area contributed by atoms with Gasteiger partial charge >= 0.3 is 0 Å². The summed E-state index contributed by atoms with van der Waals surface area (Å²) in [6.45, 7) is 27.8. The molecule has 0 atom stereocenters. The van der Waals surface area contributed by atoms with Crippen molar-refractivity contribution in [3.05, 3.63) is 0 Å². The molecule has 0 aromatic carbocycles. The zero-order valence-electron chi connectivity index (χ0n) is 74.6. The van der Waals surface area contributed by atoms with Crippen LogP contribution in [-0.2, 0) is 185 Å². The van der Waals surface area contributed by atoms with E-state index in [9.17, 15) is 14.4 Å². The molecule has 0 saturated heterocycles. The standard InChI is InChI=1S/C80H160N4O39/c1-88-16-19-94-26-29-99-36-39-104-46-49-109-56-58-114-62-60-112-54-52-107-44-42-102-34-32-97-24-22-91-13-7-82-77(85)4-10-119-74-80(81,76-121-12-6-79(87)84-9-15-93-70-72-122-123-73-71-118-69-68-117-67-66-116-65-64-111-51-48-106-41-38-101-31-28-96-21-18-90-3)75-120-11-5-78(86)83-8-14-92-23-25-98-33-35-103-43-45-108-53-55-113-61-63-115-59-57-110-50-47-105-40-37-100-30-27-95-20-17-89-2/h4-76,81H2,1-3H3,(H,82,85)(H,83,86)(H,84,87). The lowest BCUT2D eigenvalue weighted by atomic mass is 10.1. The molecular formula is C80H160N4O39. The fourth-order valence-electron chi connectivity index (χ4n) is 8.92. The maximum Gasteiger partial charge on any atom is 0.222 e. The number of ether oxygens (including phenoxy) is 34. The van der Waals surface area contributed by atoms with Crippen molar-refractivity contribution < 1.29 is 185 Å². The minimum absolute atomic E-state index is 0.0451. The van der Waals surface area contributed by atoms with Gasteiger partial charge in [-0.15, -0.1) is 0 Å². The summed E-state index contributed by atoms with van der Waals surface area (Å²) in [5.74, 6) is -0.744. The molecule has 43 heteroatoms. The number of hydrogen-bond acceptors (Lipinski definition) is 40. The number of nitrogens with one attached hydrogen (secondary N) is 3. The first-order chi connectivity index (χ1) is 60.9. The molecule has 5 N–H and O–H groups in total. The summed E-state index contributed by atoms with van der Waals surface area (Å²) in [4.78, 5) is 48.1. The second kappa shape index (κ2) is 108. The molecule has 0 rings (SSSR count). The number of nitrogens with two attached hydrogens (primary N) is 1. The highest BCUT2D eigenvalue weighted by atomic mass is 17.2. The minimum Gasteiger partial charge on any atom is -0.382 e. The highest BCUT2D eigenvalue weighted by Gasteiger charge is 2.27. The van der Waals surface area contributed by atoms with E-state index in [1.54, 1.807) is 21.3 Å². The first-order valence-corrected chi connectivity index (χ1v) is 43.1. The monoisotopic (exact) mass is 1800 g/mol. The van der Waals surface area contributed by atoms with Gasteiger partial charge in [-0.05, 0) is 0 Å². The van der Waals surface area contributed by atoms with Crippen molar-refractivity contribution in [1.29, 1.82) is 0 Å². The van der Waals surface area contributed by atoms with Crippen LogP contribution < -0.4 is 21.7 Å². The van der Waals surface area contributed by atoms with Crippen LogP contribution in [0.25, 0.3) is 0 Å². The Morgan fingerprint density at radius 1 is 0.171 bits per heavy atom. The van der Waals surface area contributed by atoms with Crippen LogP contribution >= 0.6 is 0 Å². The molecule has 0 spiro atoms. The van der Waals surface area contributed by atoms with E-state index in [4.69, 9.17) is 177 Å². The van der Waals surface area contributed by atoms with Crippen molar-refractivity contribution in [2.45, 2.75) is 24.8 Å². The first kappa shape index (κ1) is 120. The van der Waals surface area contributed by atoms with E-state index in [0.29, 0.717) is 363 Å². The number of hydrogen-bond donors (Lipinski definition) is 4. The van der Waals surface area contributed by atoms with Crippen LogP contribution in [0.3, 0.4) is 0 Å². The maximum absolute atomic E-state index is 12.6. The van der Waals surface area contributed by atoms with Gasteiger partial charge in [0.1, 0.15) is 13.2 Å². The van der Waals surface area contributed by atoms with Crippen LogP contribution in [0, 0.1) is 0 Å². The van der Waals surface area contributed by atoms with Gasteiger partial charge < -0.3 is 183 Å². The third-order valence-corrected chi connectivity index (χ3v) is 15.2. The fourth-order valence-corrected chi connectivity index (χ4v) is 8.92. The largest absolute Gasteiger partial charge is 0.382 e. The van der Waals surface area contributed by atoms with Crippen molar-refractivity contribution in [3.8, 4) is 0 Å². The Morgan fingerprint density at radius 3 is 0.431 bits per heavy atom. The molecule has 0 saturated carbocycles. The van der Waals surface area contributed by atoms with Crippen LogP contribution in [0.5, 0.6) is 0 Å². The van der Waals surface area contributed by atoms with Gasteiger partial charge in [0.15, 0.2) is 0 Å². The van der Waals surface area contributed by atoms with E-state index in [1.165, 1.54) is 0 Å². The Morgan fingerprint density at radius 2 is 0.293 bits per heavy atom. The Hall–Kier alpha value is -3.07. The number of carbonyl (C=O) groups excluding carboxylic acids is 3. The molecule has 0 bridgehead atoms. The van der Waals surface area contributed by atoms with Gasteiger partial charge in [0.05, 0.1) is 435 Å². The highest BCUT2D eigenvalue weighted by molar-refractivity contribution is 5.76. The van der Waals surface area contributed by atoms with Gasteiger partial charge in [-0.25, -0.2) is 9.78 Å². The predicted octanol–water partition coefficient (Wildman–Crippen LogP) is -1.40. The van der Waals surface area contributed by atoms with Crippen molar-refractivity contribution in [1.82, 2.24) is 16.0 Å². The molecule has 3 amide bonds. The van der Waals surface area contributed by atoms with Crippen molar-refractivity contribution >= 4 is 17.7 Å². The zero-order valence-corrected chi connectivity index (χ0v) is 74.6. The summed E-state index contributed by atoms with van der Waals surface area (Å²) in [5, 5.41) is 8.39. The minimum atomic E-state index is -1.19. The van der Waals surface area contributed by atoms with Gasteiger partial charge in [0.2, 0.25) is 17.7 Å². The van der Waals surface area contributed by atoms with E-state index >= 15 is 0 Å². The molecule has 0 aromatic heterocycles. The van der Waals surface area contributed by atoms with Crippen LogP contribution in [0.15, 0.2) is 0 Å². The van der Waals surface area contributed by atoms with Gasteiger partial charge in [0, 0.05) is 60.2 Å². The highest BCUT2D eigenvalue weighted by Crippen LogP contribution is 2.07. The third-order valence-electron chi connectivity index (χ3n) is 15.2. The Kier molecular flexibility index (Phi) is 105. The van der Waals surface area contributed by atoms with Crippen LogP contribution in [0.4, 0.5) is 0 Å². The van der Waals surface area contributed by atoms with E-state index in [0.717, 1.165) is 0 Å². The van der Waals surface area contributed by atoms with E-state index < -0.39 is 5.54 Å². The molecule has 734 valence electrons. The fraction of sp³-hybridized carbons (Fsp3) is 0.963. The molecular weight excluding hydrogens is 1640 g/mol. The molecule has 0 aromatic rings. The van der Waals surface area contributed by atoms with Crippen molar-refractivity contribution in [2.24, 2.45) is 5.73 Å². The Bertz CT molecular complexity index is 1930. The quantitative estimate of drug-likeness (QED) is 0.0309. The Balaban J connectivity index is 4.27. The lowest BCUT2D eigenvalue weighted by Crippen LogP contribution is -2.53. The molecule has 0 aliphatic rings. The number of carbonyl (C=O) groups is 3. The number of methoxy groups -OCH3 is 3. The van der Waals surface area contributed by atoms with Gasteiger partial charge in [-0.1, -0.05) is 0 Å².